The SMILES string of the molecule is NC(c1cccc(I)c1)c1cc(F)c(Br)cc1F. The molecule has 0 aliphatic carbocycles. The Kier molecular flexibility index (Phi) is 4.34. The average molecular weight is 424 g/mol. The largest absolute Gasteiger partial charge is 0.320 e. The third-order valence-corrected chi connectivity index (χ3v) is 3.86. The summed E-state index contributed by atoms with van der Waals surface area (Å²) in [4.78, 5) is 0. The van der Waals surface area contributed by atoms with Gasteiger partial charge in [0, 0.05) is 9.13 Å². The van der Waals surface area contributed by atoms with Gasteiger partial charge in [-0.05, 0) is 68.3 Å². The lowest BCUT2D eigenvalue weighted by Crippen LogP contribution is -2.14. The molecule has 1 nitrogen and oxygen atoms in total. The van der Waals surface area contributed by atoms with Crippen molar-refractivity contribution in [2.75, 3.05) is 0 Å². The molecule has 94 valence electrons. The van der Waals surface area contributed by atoms with E-state index in [2.05, 4.69) is 38.5 Å². The lowest BCUT2D eigenvalue weighted by molar-refractivity contribution is 0.572. The molecule has 2 aromatic rings. The standard InChI is InChI=1S/C13H9BrF2IN/c14-10-6-11(15)9(5-12(10)16)13(18)7-2-1-3-8(17)4-7/h1-6,13H,18H2. The molecule has 0 heterocycles. The van der Waals surface area contributed by atoms with Gasteiger partial charge in [-0.3, -0.25) is 0 Å². The van der Waals surface area contributed by atoms with E-state index in [1.165, 1.54) is 0 Å². The molecule has 5 heteroatoms. The van der Waals surface area contributed by atoms with E-state index < -0.39 is 17.7 Å². The van der Waals surface area contributed by atoms with Crippen LogP contribution in [0.25, 0.3) is 0 Å². The molecule has 2 N–H and O–H groups in total. The quantitative estimate of drug-likeness (QED) is 0.563. The van der Waals surface area contributed by atoms with Gasteiger partial charge in [0.2, 0.25) is 0 Å². The van der Waals surface area contributed by atoms with E-state index in [1.54, 1.807) is 6.07 Å². The Labute approximate surface area is 126 Å². The highest BCUT2D eigenvalue weighted by atomic mass is 127. The summed E-state index contributed by atoms with van der Waals surface area (Å²) in [5.74, 6) is -1.04. The molecule has 1 atom stereocenters. The molecule has 0 aromatic heterocycles. The van der Waals surface area contributed by atoms with E-state index in [-0.39, 0.29) is 10.0 Å². The van der Waals surface area contributed by atoms with Crippen molar-refractivity contribution < 1.29 is 8.78 Å². The molecule has 0 saturated heterocycles. The molecule has 0 bridgehead atoms. The van der Waals surface area contributed by atoms with Crippen molar-refractivity contribution in [3.8, 4) is 0 Å². The minimum Gasteiger partial charge on any atom is -0.320 e. The first kappa shape index (κ1) is 13.9. The van der Waals surface area contributed by atoms with Gasteiger partial charge in [0.15, 0.2) is 0 Å². The fraction of sp³-hybridized carbons (Fsp3) is 0.0769. The van der Waals surface area contributed by atoms with Crippen LogP contribution in [0.4, 0.5) is 8.78 Å². The monoisotopic (exact) mass is 423 g/mol. The number of halogens is 4. The van der Waals surface area contributed by atoms with Gasteiger partial charge in [0.05, 0.1) is 10.5 Å². The highest BCUT2D eigenvalue weighted by Crippen LogP contribution is 2.27. The minimum absolute atomic E-state index is 0.0959. The van der Waals surface area contributed by atoms with Gasteiger partial charge in [0.1, 0.15) is 11.6 Å². The van der Waals surface area contributed by atoms with Crippen molar-refractivity contribution in [1.82, 2.24) is 0 Å². The Morgan fingerprint density at radius 1 is 1.11 bits per heavy atom. The highest BCUT2D eigenvalue weighted by molar-refractivity contribution is 14.1. The minimum atomic E-state index is -0.678. The van der Waals surface area contributed by atoms with Crippen LogP contribution in [-0.4, -0.2) is 0 Å². The summed E-state index contributed by atoms with van der Waals surface area (Å²) in [5, 5.41) is 0. The summed E-state index contributed by atoms with van der Waals surface area (Å²) >= 11 is 5.09. The first-order valence-corrected chi connectivity index (χ1v) is 7.01. The fourth-order valence-corrected chi connectivity index (χ4v) is 2.54. The highest BCUT2D eigenvalue weighted by Gasteiger charge is 2.16. The third kappa shape index (κ3) is 2.89. The molecular formula is C13H9BrF2IN. The number of hydrogen-bond acceptors (Lipinski definition) is 1. The number of rotatable bonds is 2. The second kappa shape index (κ2) is 5.63. The average Bonchev–Trinajstić information content (AvgIpc) is 2.33. The molecule has 0 saturated carbocycles. The molecule has 0 amide bonds. The van der Waals surface area contributed by atoms with E-state index in [4.69, 9.17) is 5.73 Å². The fourth-order valence-electron chi connectivity index (χ4n) is 1.66. The summed E-state index contributed by atoms with van der Waals surface area (Å²) < 4.78 is 28.3. The Bertz CT molecular complexity index is 589. The zero-order chi connectivity index (χ0) is 13.3. The summed E-state index contributed by atoms with van der Waals surface area (Å²) in [6.45, 7) is 0. The van der Waals surface area contributed by atoms with Gasteiger partial charge in [-0.15, -0.1) is 0 Å². The van der Waals surface area contributed by atoms with Crippen LogP contribution in [0.15, 0.2) is 40.9 Å². The summed E-state index contributed by atoms with van der Waals surface area (Å²) in [6.07, 6.45) is 0. The predicted molar refractivity (Wildman–Crippen MR) is 79.2 cm³/mol. The number of nitrogens with two attached hydrogens (primary N) is 1. The van der Waals surface area contributed by atoms with Crippen LogP contribution in [0.1, 0.15) is 17.2 Å². The smallest absolute Gasteiger partial charge is 0.137 e. The van der Waals surface area contributed by atoms with Gasteiger partial charge >= 0.3 is 0 Å². The second-order valence-corrected chi connectivity index (χ2v) is 5.92. The summed E-state index contributed by atoms with van der Waals surface area (Å²) in [6, 6.07) is 8.95. The normalized spacial score (nSPS) is 12.5. The lowest BCUT2D eigenvalue weighted by atomic mass is 9.99. The maximum absolute atomic E-state index is 13.8. The molecule has 2 aromatic carbocycles. The molecule has 0 radical (unpaired) electrons. The maximum atomic E-state index is 13.8. The van der Waals surface area contributed by atoms with E-state index in [0.717, 1.165) is 21.3 Å². The van der Waals surface area contributed by atoms with Gasteiger partial charge in [0.25, 0.3) is 0 Å². The van der Waals surface area contributed by atoms with E-state index in [1.807, 2.05) is 18.2 Å². The van der Waals surface area contributed by atoms with Crippen LogP contribution in [-0.2, 0) is 0 Å². The maximum Gasteiger partial charge on any atom is 0.137 e. The molecule has 0 fully saturated rings. The Morgan fingerprint density at radius 3 is 2.50 bits per heavy atom. The Morgan fingerprint density at radius 2 is 1.83 bits per heavy atom. The molecule has 1 unspecified atom stereocenters. The molecule has 0 aliphatic heterocycles. The van der Waals surface area contributed by atoms with Crippen LogP contribution in [0.5, 0.6) is 0 Å². The first-order valence-electron chi connectivity index (χ1n) is 5.14. The zero-order valence-corrected chi connectivity index (χ0v) is 12.9. The van der Waals surface area contributed by atoms with Crippen molar-refractivity contribution in [3.05, 3.63) is 67.2 Å². The van der Waals surface area contributed by atoms with Crippen molar-refractivity contribution in [2.24, 2.45) is 5.73 Å². The predicted octanol–water partition coefficient (Wildman–Crippen LogP) is 4.38. The van der Waals surface area contributed by atoms with E-state index in [0.29, 0.717) is 0 Å². The van der Waals surface area contributed by atoms with Crippen LogP contribution >= 0.6 is 38.5 Å². The number of benzene rings is 2. The Hall–Kier alpha value is -0.530. The first-order chi connectivity index (χ1) is 8.49. The van der Waals surface area contributed by atoms with E-state index in [9.17, 15) is 8.78 Å². The molecule has 0 spiro atoms. The van der Waals surface area contributed by atoms with Crippen LogP contribution < -0.4 is 5.73 Å². The van der Waals surface area contributed by atoms with Crippen LogP contribution in [0.3, 0.4) is 0 Å². The molecule has 2 rings (SSSR count). The lowest BCUT2D eigenvalue weighted by Gasteiger charge is -2.14. The topological polar surface area (TPSA) is 26.0 Å². The zero-order valence-electron chi connectivity index (χ0n) is 9.13. The van der Waals surface area contributed by atoms with E-state index >= 15 is 0 Å². The Balaban J connectivity index is 2.46. The number of hydrogen-bond donors (Lipinski definition) is 1. The second-order valence-electron chi connectivity index (χ2n) is 3.82. The summed E-state index contributed by atoms with van der Waals surface area (Å²) in [7, 11) is 0. The van der Waals surface area contributed by atoms with Crippen molar-refractivity contribution in [1.29, 1.82) is 0 Å². The van der Waals surface area contributed by atoms with Crippen molar-refractivity contribution in [3.63, 3.8) is 0 Å². The van der Waals surface area contributed by atoms with Gasteiger partial charge in [-0.2, -0.15) is 0 Å². The van der Waals surface area contributed by atoms with Crippen molar-refractivity contribution in [2.45, 2.75) is 6.04 Å². The van der Waals surface area contributed by atoms with Gasteiger partial charge in [-0.1, -0.05) is 12.1 Å². The van der Waals surface area contributed by atoms with Crippen LogP contribution in [0.2, 0.25) is 0 Å². The molecular weight excluding hydrogens is 415 g/mol. The van der Waals surface area contributed by atoms with Gasteiger partial charge in [-0.25, -0.2) is 8.78 Å². The molecule has 18 heavy (non-hydrogen) atoms. The third-order valence-electron chi connectivity index (χ3n) is 2.58. The van der Waals surface area contributed by atoms with Crippen molar-refractivity contribution >= 4 is 38.5 Å². The molecule has 0 aliphatic rings. The van der Waals surface area contributed by atoms with Crippen LogP contribution in [0, 0.1) is 15.2 Å². The summed E-state index contributed by atoms with van der Waals surface area (Å²) in [5.41, 5.74) is 6.88. The van der Waals surface area contributed by atoms with Gasteiger partial charge < -0.3 is 5.73 Å².